The minimum atomic E-state index is -0.519. The normalized spacial score (nSPS) is 10.7. The molecule has 0 saturated carbocycles. The monoisotopic (exact) mass is 540 g/mol. The van der Waals surface area contributed by atoms with Crippen molar-refractivity contribution in [3.05, 3.63) is 78.6 Å². The number of hydrogen-bond donors (Lipinski definition) is 1. The van der Waals surface area contributed by atoms with E-state index < -0.39 is 5.91 Å². The lowest BCUT2D eigenvalue weighted by Crippen LogP contribution is -2.14. The zero-order chi connectivity index (χ0) is 28.2. The minimum absolute atomic E-state index is 0.0357. The van der Waals surface area contributed by atoms with Crippen molar-refractivity contribution in [2.24, 2.45) is 0 Å². The van der Waals surface area contributed by atoms with Crippen LogP contribution in [0.1, 0.15) is 10.6 Å². The molecule has 0 aliphatic carbocycles. The molecule has 40 heavy (non-hydrogen) atoms. The smallest absolute Gasteiger partial charge is 0.295 e. The standard InChI is InChI=1S/C30H28N4O6/c1-36-23-14-13-19(15-24(23)37-2)29-32-28(33-34(29)22-12-8-10-18-9-6-7-11-21(18)22)30(35)31-20-16-25(38-3)27(40-5)26(17-20)39-4/h6-17H,1-5H3,(H,31,35). The molecule has 204 valence electrons. The zero-order valence-electron chi connectivity index (χ0n) is 22.7. The van der Waals surface area contributed by atoms with Crippen molar-refractivity contribution in [2.75, 3.05) is 40.9 Å². The number of anilines is 1. The first kappa shape index (κ1) is 26.4. The summed E-state index contributed by atoms with van der Waals surface area (Å²) in [5, 5.41) is 9.47. The van der Waals surface area contributed by atoms with Gasteiger partial charge in [0, 0.05) is 28.8 Å². The predicted octanol–water partition coefficient (Wildman–Crippen LogP) is 5.38. The van der Waals surface area contributed by atoms with Crippen LogP contribution < -0.4 is 29.0 Å². The Balaban J connectivity index is 1.63. The second-order valence-corrected chi connectivity index (χ2v) is 8.61. The number of fused-ring (bicyclic) bond motifs is 1. The number of nitrogens with zero attached hydrogens (tertiary/aromatic N) is 3. The number of ether oxygens (including phenoxy) is 5. The molecule has 0 radical (unpaired) electrons. The van der Waals surface area contributed by atoms with E-state index in [1.54, 1.807) is 43.2 Å². The van der Waals surface area contributed by atoms with Crippen LogP contribution in [0.25, 0.3) is 27.8 Å². The largest absolute Gasteiger partial charge is 0.493 e. The molecule has 5 rings (SSSR count). The van der Waals surface area contributed by atoms with Gasteiger partial charge in [0.2, 0.25) is 11.6 Å². The molecule has 0 aliphatic rings. The van der Waals surface area contributed by atoms with Crippen LogP contribution in [0.5, 0.6) is 28.7 Å². The van der Waals surface area contributed by atoms with Crippen LogP contribution in [0.2, 0.25) is 0 Å². The average molecular weight is 541 g/mol. The van der Waals surface area contributed by atoms with Gasteiger partial charge in [-0.25, -0.2) is 9.67 Å². The highest BCUT2D eigenvalue weighted by Gasteiger charge is 2.22. The van der Waals surface area contributed by atoms with Crippen molar-refractivity contribution in [1.29, 1.82) is 0 Å². The molecule has 0 saturated heterocycles. The lowest BCUT2D eigenvalue weighted by molar-refractivity contribution is 0.101. The molecule has 0 fully saturated rings. The Morgan fingerprint density at radius 2 is 1.40 bits per heavy atom. The van der Waals surface area contributed by atoms with Gasteiger partial charge < -0.3 is 29.0 Å². The maximum atomic E-state index is 13.5. The van der Waals surface area contributed by atoms with Gasteiger partial charge in [0.25, 0.3) is 5.91 Å². The number of nitrogens with one attached hydrogen (secondary N) is 1. The number of methoxy groups -OCH3 is 5. The topological polar surface area (TPSA) is 106 Å². The third kappa shape index (κ3) is 4.82. The molecule has 10 nitrogen and oxygen atoms in total. The highest BCUT2D eigenvalue weighted by molar-refractivity contribution is 6.02. The van der Waals surface area contributed by atoms with E-state index in [2.05, 4.69) is 15.4 Å². The zero-order valence-corrected chi connectivity index (χ0v) is 22.7. The van der Waals surface area contributed by atoms with E-state index in [-0.39, 0.29) is 5.82 Å². The molecule has 0 aliphatic heterocycles. The van der Waals surface area contributed by atoms with Crippen molar-refractivity contribution in [1.82, 2.24) is 14.8 Å². The predicted molar refractivity (Wildman–Crippen MR) is 151 cm³/mol. The van der Waals surface area contributed by atoms with E-state index in [0.29, 0.717) is 45.8 Å². The third-order valence-electron chi connectivity index (χ3n) is 6.37. The number of amides is 1. The summed E-state index contributed by atoms with van der Waals surface area (Å²) in [5.74, 6) is 2.21. The molecule has 1 aromatic heterocycles. The van der Waals surface area contributed by atoms with Gasteiger partial charge in [0.15, 0.2) is 28.8 Å². The van der Waals surface area contributed by atoms with Gasteiger partial charge in [-0.3, -0.25) is 4.79 Å². The Hall–Kier alpha value is -5.25. The van der Waals surface area contributed by atoms with Gasteiger partial charge in [-0.1, -0.05) is 36.4 Å². The number of benzene rings is 4. The third-order valence-corrected chi connectivity index (χ3v) is 6.37. The van der Waals surface area contributed by atoms with E-state index in [1.807, 2.05) is 48.5 Å². The van der Waals surface area contributed by atoms with E-state index in [1.165, 1.54) is 21.3 Å². The van der Waals surface area contributed by atoms with Crippen LogP contribution in [0.3, 0.4) is 0 Å². The maximum Gasteiger partial charge on any atom is 0.295 e. The molecular weight excluding hydrogens is 512 g/mol. The van der Waals surface area contributed by atoms with Gasteiger partial charge in [0.1, 0.15) is 0 Å². The number of rotatable bonds is 9. The minimum Gasteiger partial charge on any atom is -0.493 e. The molecule has 0 atom stereocenters. The van der Waals surface area contributed by atoms with Crippen LogP contribution in [0.4, 0.5) is 5.69 Å². The first-order chi connectivity index (χ1) is 19.5. The fraction of sp³-hybridized carbons (Fsp3) is 0.167. The van der Waals surface area contributed by atoms with Gasteiger partial charge >= 0.3 is 0 Å². The molecule has 5 aromatic rings. The lowest BCUT2D eigenvalue weighted by Gasteiger charge is -2.14. The van der Waals surface area contributed by atoms with Crippen molar-refractivity contribution < 1.29 is 28.5 Å². The summed E-state index contributed by atoms with van der Waals surface area (Å²) in [6.07, 6.45) is 0. The summed E-state index contributed by atoms with van der Waals surface area (Å²) in [6, 6.07) is 22.5. The van der Waals surface area contributed by atoms with Gasteiger partial charge in [-0.15, -0.1) is 5.10 Å². The Morgan fingerprint density at radius 3 is 2.08 bits per heavy atom. The van der Waals surface area contributed by atoms with E-state index >= 15 is 0 Å². The van der Waals surface area contributed by atoms with Crippen molar-refractivity contribution in [3.63, 3.8) is 0 Å². The van der Waals surface area contributed by atoms with Gasteiger partial charge in [-0.2, -0.15) is 0 Å². The van der Waals surface area contributed by atoms with Crippen molar-refractivity contribution >= 4 is 22.4 Å². The van der Waals surface area contributed by atoms with E-state index in [4.69, 9.17) is 23.7 Å². The highest BCUT2D eigenvalue weighted by atomic mass is 16.5. The Bertz CT molecular complexity index is 1670. The number of carbonyl (C=O) groups excluding carboxylic acids is 1. The SMILES string of the molecule is COc1ccc(-c2nc(C(=O)Nc3cc(OC)c(OC)c(OC)c3)nn2-c2cccc3ccccc23)cc1OC. The van der Waals surface area contributed by atoms with Crippen molar-refractivity contribution in [3.8, 4) is 45.8 Å². The number of aromatic nitrogens is 3. The molecule has 1 amide bonds. The summed E-state index contributed by atoms with van der Waals surface area (Å²) >= 11 is 0. The quantitative estimate of drug-likeness (QED) is 0.266. The fourth-order valence-corrected chi connectivity index (χ4v) is 4.47. The summed E-state index contributed by atoms with van der Waals surface area (Å²) in [5.41, 5.74) is 1.88. The number of hydrogen-bond acceptors (Lipinski definition) is 8. The Labute approximate surface area is 231 Å². The molecule has 4 aromatic carbocycles. The van der Waals surface area contributed by atoms with Crippen LogP contribution in [-0.2, 0) is 0 Å². The van der Waals surface area contributed by atoms with E-state index in [0.717, 1.165) is 16.5 Å². The van der Waals surface area contributed by atoms with Crippen LogP contribution in [-0.4, -0.2) is 56.2 Å². The molecule has 1 heterocycles. The first-order valence-corrected chi connectivity index (χ1v) is 12.3. The van der Waals surface area contributed by atoms with Crippen LogP contribution in [0.15, 0.2) is 72.8 Å². The highest BCUT2D eigenvalue weighted by Crippen LogP contribution is 2.40. The Morgan fingerprint density at radius 1 is 0.725 bits per heavy atom. The molecule has 1 N–H and O–H groups in total. The lowest BCUT2D eigenvalue weighted by atomic mass is 10.1. The summed E-state index contributed by atoms with van der Waals surface area (Å²) in [4.78, 5) is 18.1. The summed E-state index contributed by atoms with van der Waals surface area (Å²) in [7, 11) is 7.66. The summed E-state index contributed by atoms with van der Waals surface area (Å²) in [6.45, 7) is 0. The Kier molecular flexibility index (Phi) is 7.41. The molecule has 0 bridgehead atoms. The molecule has 0 spiro atoms. The molecule has 0 unspecified atom stereocenters. The molecular formula is C30H28N4O6. The second kappa shape index (κ2) is 11.2. The van der Waals surface area contributed by atoms with Gasteiger partial charge in [-0.05, 0) is 29.7 Å². The average Bonchev–Trinajstić information content (AvgIpc) is 3.45. The first-order valence-electron chi connectivity index (χ1n) is 12.3. The number of carbonyl (C=O) groups is 1. The maximum absolute atomic E-state index is 13.5. The van der Waals surface area contributed by atoms with E-state index in [9.17, 15) is 4.79 Å². The second-order valence-electron chi connectivity index (χ2n) is 8.61. The van der Waals surface area contributed by atoms with Crippen molar-refractivity contribution in [2.45, 2.75) is 0 Å². The fourth-order valence-electron chi connectivity index (χ4n) is 4.47. The molecule has 10 heteroatoms. The van der Waals surface area contributed by atoms with Crippen LogP contribution in [0, 0.1) is 0 Å². The van der Waals surface area contributed by atoms with Crippen LogP contribution >= 0.6 is 0 Å². The summed E-state index contributed by atoms with van der Waals surface area (Å²) < 4.78 is 28.8. The van der Waals surface area contributed by atoms with Gasteiger partial charge in [0.05, 0.1) is 41.2 Å².